The summed E-state index contributed by atoms with van der Waals surface area (Å²) in [7, 11) is 3.30. The molecule has 1 aliphatic carbocycles. The fourth-order valence-electron chi connectivity index (χ4n) is 2.04. The van der Waals surface area contributed by atoms with Crippen LogP contribution in [-0.4, -0.2) is 14.2 Å². The second-order valence-electron chi connectivity index (χ2n) is 4.37. The van der Waals surface area contributed by atoms with Crippen molar-refractivity contribution >= 4 is 0 Å². The Balaban J connectivity index is 2.23. The van der Waals surface area contributed by atoms with E-state index in [1.54, 1.807) is 14.2 Å². The molecule has 3 nitrogen and oxygen atoms in total. The van der Waals surface area contributed by atoms with Gasteiger partial charge in [-0.3, -0.25) is 0 Å². The quantitative estimate of drug-likeness (QED) is 0.830. The van der Waals surface area contributed by atoms with Crippen molar-refractivity contribution in [2.45, 2.75) is 25.3 Å². The number of rotatable bonds is 5. The molecular formula is C13H19NO2. The summed E-state index contributed by atoms with van der Waals surface area (Å²) in [6.45, 7) is 0. The molecular weight excluding hydrogens is 202 g/mol. The van der Waals surface area contributed by atoms with Crippen molar-refractivity contribution in [1.29, 1.82) is 0 Å². The van der Waals surface area contributed by atoms with Gasteiger partial charge in [0.05, 0.1) is 14.2 Å². The lowest BCUT2D eigenvalue weighted by Gasteiger charge is -2.17. The van der Waals surface area contributed by atoms with E-state index in [0.717, 1.165) is 29.4 Å². The predicted octanol–water partition coefficient (Wildman–Crippen LogP) is 2.50. The third kappa shape index (κ3) is 2.30. The predicted molar refractivity (Wildman–Crippen MR) is 63.8 cm³/mol. The Labute approximate surface area is 96.5 Å². The number of benzene rings is 1. The van der Waals surface area contributed by atoms with E-state index < -0.39 is 0 Å². The highest BCUT2D eigenvalue weighted by molar-refractivity contribution is 5.48. The third-order valence-electron chi connectivity index (χ3n) is 3.12. The molecule has 2 rings (SSSR count). The molecule has 3 heteroatoms. The van der Waals surface area contributed by atoms with Crippen LogP contribution >= 0.6 is 0 Å². The number of hydrogen-bond acceptors (Lipinski definition) is 3. The zero-order chi connectivity index (χ0) is 11.5. The second-order valence-corrected chi connectivity index (χ2v) is 4.37. The van der Waals surface area contributed by atoms with E-state index in [2.05, 4.69) is 0 Å². The lowest BCUT2D eigenvalue weighted by molar-refractivity contribution is 0.348. The minimum atomic E-state index is 0.0533. The molecule has 0 heterocycles. The van der Waals surface area contributed by atoms with Gasteiger partial charge in [-0.25, -0.2) is 0 Å². The van der Waals surface area contributed by atoms with Gasteiger partial charge in [-0.05, 0) is 18.4 Å². The van der Waals surface area contributed by atoms with Gasteiger partial charge in [0.15, 0.2) is 11.5 Å². The van der Waals surface area contributed by atoms with Gasteiger partial charge in [0.2, 0.25) is 0 Å². The number of hydrogen-bond donors (Lipinski definition) is 1. The molecule has 1 saturated carbocycles. The summed E-state index contributed by atoms with van der Waals surface area (Å²) in [5.74, 6) is 2.34. The van der Waals surface area contributed by atoms with Gasteiger partial charge in [-0.1, -0.05) is 25.0 Å². The molecule has 0 aliphatic heterocycles. The van der Waals surface area contributed by atoms with Gasteiger partial charge in [0, 0.05) is 11.6 Å². The zero-order valence-corrected chi connectivity index (χ0v) is 9.90. The SMILES string of the molecule is COc1cccc([C@@H](N)CC2CC2)c1OC. The fraction of sp³-hybridized carbons (Fsp3) is 0.538. The molecule has 0 spiro atoms. The number of nitrogens with two attached hydrogens (primary N) is 1. The highest BCUT2D eigenvalue weighted by atomic mass is 16.5. The Morgan fingerprint density at radius 1 is 1.31 bits per heavy atom. The van der Waals surface area contributed by atoms with Crippen LogP contribution in [0.1, 0.15) is 30.9 Å². The molecule has 1 atom stereocenters. The monoisotopic (exact) mass is 221 g/mol. The van der Waals surface area contributed by atoms with E-state index in [1.807, 2.05) is 18.2 Å². The van der Waals surface area contributed by atoms with Crippen molar-refractivity contribution in [2.24, 2.45) is 11.7 Å². The third-order valence-corrected chi connectivity index (χ3v) is 3.12. The summed E-state index contributed by atoms with van der Waals surface area (Å²) < 4.78 is 10.7. The lowest BCUT2D eigenvalue weighted by Crippen LogP contribution is -2.12. The van der Waals surface area contributed by atoms with Crippen LogP contribution in [0, 0.1) is 5.92 Å². The van der Waals surface area contributed by atoms with Gasteiger partial charge in [0.1, 0.15) is 0 Å². The van der Waals surface area contributed by atoms with Crippen LogP contribution in [0.2, 0.25) is 0 Å². The topological polar surface area (TPSA) is 44.5 Å². The van der Waals surface area contributed by atoms with Gasteiger partial charge < -0.3 is 15.2 Å². The summed E-state index contributed by atoms with van der Waals surface area (Å²) in [6.07, 6.45) is 3.68. The number of methoxy groups -OCH3 is 2. The van der Waals surface area contributed by atoms with E-state index in [1.165, 1.54) is 12.8 Å². The molecule has 0 aromatic heterocycles. The Hall–Kier alpha value is -1.22. The smallest absolute Gasteiger partial charge is 0.165 e. The first-order valence-electron chi connectivity index (χ1n) is 5.72. The maximum Gasteiger partial charge on any atom is 0.165 e. The first-order chi connectivity index (χ1) is 7.76. The van der Waals surface area contributed by atoms with Crippen LogP contribution in [0.25, 0.3) is 0 Å². The van der Waals surface area contributed by atoms with Crippen molar-refractivity contribution in [3.8, 4) is 11.5 Å². The average Bonchev–Trinajstić information content (AvgIpc) is 3.11. The van der Waals surface area contributed by atoms with Crippen LogP contribution in [0.15, 0.2) is 18.2 Å². The molecule has 16 heavy (non-hydrogen) atoms. The van der Waals surface area contributed by atoms with Crippen LogP contribution < -0.4 is 15.2 Å². The van der Waals surface area contributed by atoms with E-state index in [0.29, 0.717) is 0 Å². The van der Waals surface area contributed by atoms with Crippen molar-refractivity contribution < 1.29 is 9.47 Å². The Morgan fingerprint density at radius 2 is 2.06 bits per heavy atom. The molecule has 0 unspecified atom stereocenters. The summed E-state index contributed by atoms with van der Waals surface area (Å²) in [6, 6.07) is 5.93. The molecule has 1 fully saturated rings. The first kappa shape index (κ1) is 11.3. The molecule has 88 valence electrons. The first-order valence-corrected chi connectivity index (χ1v) is 5.72. The molecule has 0 bridgehead atoms. The van der Waals surface area contributed by atoms with E-state index in [9.17, 15) is 0 Å². The van der Waals surface area contributed by atoms with Crippen molar-refractivity contribution in [1.82, 2.24) is 0 Å². The number of ether oxygens (including phenoxy) is 2. The Morgan fingerprint density at radius 3 is 2.62 bits per heavy atom. The second kappa shape index (κ2) is 4.74. The summed E-state index contributed by atoms with van der Waals surface area (Å²) >= 11 is 0. The minimum Gasteiger partial charge on any atom is -0.493 e. The summed E-state index contributed by atoms with van der Waals surface area (Å²) in [5.41, 5.74) is 7.25. The van der Waals surface area contributed by atoms with Gasteiger partial charge >= 0.3 is 0 Å². The van der Waals surface area contributed by atoms with Gasteiger partial charge in [-0.15, -0.1) is 0 Å². The molecule has 1 aliphatic rings. The molecule has 1 aromatic carbocycles. The standard InChI is InChI=1S/C13H19NO2/c1-15-12-5-3-4-10(13(12)16-2)11(14)8-9-6-7-9/h3-5,9,11H,6-8,14H2,1-2H3/t11-/m0/s1. The zero-order valence-electron chi connectivity index (χ0n) is 9.90. The average molecular weight is 221 g/mol. The molecule has 2 N–H and O–H groups in total. The fourth-order valence-corrected chi connectivity index (χ4v) is 2.04. The highest BCUT2D eigenvalue weighted by Gasteiger charge is 2.26. The maximum atomic E-state index is 6.20. The van der Waals surface area contributed by atoms with Gasteiger partial charge in [-0.2, -0.15) is 0 Å². The van der Waals surface area contributed by atoms with Crippen molar-refractivity contribution in [3.63, 3.8) is 0 Å². The Bertz CT molecular complexity index is 361. The molecule has 0 amide bonds. The van der Waals surface area contributed by atoms with E-state index in [4.69, 9.17) is 15.2 Å². The van der Waals surface area contributed by atoms with Gasteiger partial charge in [0.25, 0.3) is 0 Å². The van der Waals surface area contributed by atoms with Crippen LogP contribution in [0.4, 0.5) is 0 Å². The molecule has 1 aromatic rings. The summed E-state index contributed by atoms with van der Waals surface area (Å²) in [5, 5.41) is 0. The maximum absolute atomic E-state index is 6.20. The lowest BCUT2D eigenvalue weighted by atomic mass is 10.0. The number of para-hydroxylation sites is 1. The highest BCUT2D eigenvalue weighted by Crippen LogP contribution is 2.40. The van der Waals surface area contributed by atoms with Crippen LogP contribution in [0.3, 0.4) is 0 Å². The largest absolute Gasteiger partial charge is 0.493 e. The summed E-state index contributed by atoms with van der Waals surface area (Å²) in [4.78, 5) is 0. The van der Waals surface area contributed by atoms with Crippen LogP contribution in [0.5, 0.6) is 11.5 Å². The minimum absolute atomic E-state index is 0.0533. The molecule has 0 radical (unpaired) electrons. The van der Waals surface area contributed by atoms with E-state index >= 15 is 0 Å². The van der Waals surface area contributed by atoms with Crippen molar-refractivity contribution in [2.75, 3.05) is 14.2 Å². The Kier molecular flexibility index (Phi) is 3.34. The van der Waals surface area contributed by atoms with Crippen molar-refractivity contribution in [3.05, 3.63) is 23.8 Å². The van der Waals surface area contributed by atoms with E-state index in [-0.39, 0.29) is 6.04 Å². The van der Waals surface area contributed by atoms with Crippen LogP contribution in [-0.2, 0) is 0 Å². The molecule has 0 saturated heterocycles. The normalized spacial score (nSPS) is 16.9.